The fourth-order valence-corrected chi connectivity index (χ4v) is 0.397. The summed E-state index contributed by atoms with van der Waals surface area (Å²) in [6.07, 6.45) is 2.75. The Morgan fingerprint density at radius 2 is 2.00 bits per heavy atom. The number of thiocarbonyl (C=S) groups is 1. The number of nitrogens with zero attached hydrogens (tertiary/aromatic N) is 3. The minimum Gasteiger partial charge on any atom is -0.225 e. The summed E-state index contributed by atoms with van der Waals surface area (Å²) in [6, 6.07) is 0. The molecule has 0 amide bonds. The molecule has 0 unspecified atom stereocenters. The van der Waals surface area contributed by atoms with Gasteiger partial charge in [-0.05, 0) is 0 Å². The van der Waals surface area contributed by atoms with Gasteiger partial charge in [0, 0.05) is 0 Å². The van der Waals surface area contributed by atoms with Crippen LogP contribution in [0.25, 0.3) is 0 Å². The highest BCUT2D eigenvalue weighted by Gasteiger charge is 1.82. The summed E-state index contributed by atoms with van der Waals surface area (Å²) >= 11 is 4.42. The molecule has 0 N–H and O–H groups in total. The van der Waals surface area contributed by atoms with Gasteiger partial charge < -0.3 is 0 Å². The van der Waals surface area contributed by atoms with Gasteiger partial charge in [-0.1, -0.05) is 12.2 Å². The van der Waals surface area contributed by atoms with Crippen LogP contribution in [0.4, 0.5) is 0 Å². The number of aromatic nitrogens is 3. The maximum atomic E-state index is 4.42. The second-order valence-corrected chi connectivity index (χ2v) is 1.27. The molecule has 39 valence electrons. The summed E-state index contributed by atoms with van der Waals surface area (Å²) in [5, 5.41) is 2.35. The molecule has 0 atom stereocenters. The first-order valence-electron chi connectivity index (χ1n) is 1.93. The Morgan fingerprint density at radius 3 is 2.38 bits per heavy atom. The zero-order chi connectivity index (χ0) is 5.82. The van der Waals surface area contributed by atoms with Gasteiger partial charge in [-0.15, -0.1) is 0 Å². The molecule has 4 heteroatoms. The van der Waals surface area contributed by atoms with Gasteiger partial charge in [0.1, 0.15) is 18.0 Å². The Bertz CT molecular complexity index is 174. The second kappa shape index (κ2) is 2.42. The summed E-state index contributed by atoms with van der Waals surface area (Å²) < 4.78 is 0. The number of hydrogen-bond acceptors (Lipinski definition) is 4. The van der Waals surface area contributed by atoms with E-state index in [0.717, 1.165) is 0 Å². The summed E-state index contributed by atoms with van der Waals surface area (Å²) in [5.41, 5.74) is 0. The van der Waals surface area contributed by atoms with E-state index in [0.29, 0.717) is 5.82 Å². The van der Waals surface area contributed by atoms with Crippen molar-refractivity contribution in [3.63, 3.8) is 0 Å². The van der Waals surface area contributed by atoms with E-state index in [1.54, 1.807) is 0 Å². The third kappa shape index (κ3) is 1.04. The standard InChI is InChI=1S/C4H2N3S/c8-1-4-6-2-5-3-7-4/h2-3H. The molecule has 3 nitrogen and oxygen atoms in total. The van der Waals surface area contributed by atoms with E-state index >= 15 is 0 Å². The molecule has 0 aromatic carbocycles. The average Bonchev–Trinajstić information content (AvgIpc) is 1.90. The first-order chi connectivity index (χ1) is 3.93. The van der Waals surface area contributed by atoms with Crippen LogP contribution in [0.2, 0.25) is 0 Å². The van der Waals surface area contributed by atoms with Crippen LogP contribution in [-0.4, -0.2) is 20.3 Å². The van der Waals surface area contributed by atoms with Crippen LogP contribution < -0.4 is 0 Å². The van der Waals surface area contributed by atoms with E-state index in [9.17, 15) is 0 Å². The van der Waals surface area contributed by atoms with Crippen LogP contribution in [0.1, 0.15) is 5.82 Å². The Balaban J connectivity index is 2.99. The van der Waals surface area contributed by atoms with E-state index in [2.05, 4.69) is 32.5 Å². The van der Waals surface area contributed by atoms with Crippen molar-refractivity contribution in [2.24, 2.45) is 0 Å². The molecule has 8 heavy (non-hydrogen) atoms. The molecule has 1 radical (unpaired) electrons. The van der Waals surface area contributed by atoms with E-state index in [-0.39, 0.29) is 0 Å². The molecule has 1 aromatic heterocycles. The molecule has 0 aliphatic heterocycles. The molecule has 1 heterocycles. The molecule has 0 aliphatic rings. The summed E-state index contributed by atoms with van der Waals surface area (Å²) in [5.74, 6) is 0.412. The second-order valence-electron chi connectivity index (χ2n) is 1.06. The van der Waals surface area contributed by atoms with Gasteiger partial charge in [0.25, 0.3) is 0 Å². The lowest BCUT2D eigenvalue weighted by Crippen LogP contribution is -1.89. The van der Waals surface area contributed by atoms with Gasteiger partial charge in [0.2, 0.25) is 0 Å². The van der Waals surface area contributed by atoms with Crippen LogP contribution in [0.3, 0.4) is 0 Å². The van der Waals surface area contributed by atoms with E-state index in [4.69, 9.17) is 0 Å². The quantitative estimate of drug-likeness (QED) is 0.497. The van der Waals surface area contributed by atoms with Crippen molar-refractivity contribution in [2.75, 3.05) is 0 Å². The third-order valence-electron chi connectivity index (χ3n) is 0.585. The maximum absolute atomic E-state index is 4.42. The Morgan fingerprint density at radius 1 is 1.38 bits per heavy atom. The van der Waals surface area contributed by atoms with Crippen molar-refractivity contribution in [3.05, 3.63) is 18.5 Å². The lowest BCUT2D eigenvalue weighted by molar-refractivity contribution is 1.03. The molecule has 0 aliphatic carbocycles. The van der Waals surface area contributed by atoms with Crippen molar-refractivity contribution in [1.82, 2.24) is 15.0 Å². The van der Waals surface area contributed by atoms with Crippen molar-refractivity contribution in [1.29, 1.82) is 0 Å². The fourth-order valence-electron chi connectivity index (χ4n) is 0.292. The maximum Gasteiger partial charge on any atom is 0.175 e. The lowest BCUT2D eigenvalue weighted by atomic mass is 10.7. The predicted octanol–water partition coefficient (Wildman–Crippen LogP) is 0.0964. The molecule has 1 aromatic rings. The van der Waals surface area contributed by atoms with Gasteiger partial charge in [0.05, 0.1) is 0 Å². The molecule has 0 saturated heterocycles. The minimum atomic E-state index is 0.412. The summed E-state index contributed by atoms with van der Waals surface area (Å²) in [7, 11) is 0. The van der Waals surface area contributed by atoms with Crippen molar-refractivity contribution >= 4 is 17.6 Å². The highest BCUT2D eigenvalue weighted by Crippen LogP contribution is 1.75. The van der Waals surface area contributed by atoms with Crippen molar-refractivity contribution in [2.45, 2.75) is 0 Å². The molecule has 0 fully saturated rings. The van der Waals surface area contributed by atoms with E-state index in [1.807, 2.05) is 0 Å². The molecular formula is C4H2N3S. The minimum absolute atomic E-state index is 0.412. The topological polar surface area (TPSA) is 38.7 Å². The normalized spacial score (nSPS) is 8.50. The van der Waals surface area contributed by atoms with Crippen LogP contribution >= 0.6 is 12.2 Å². The van der Waals surface area contributed by atoms with Crippen molar-refractivity contribution < 1.29 is 0 Å². The predicted molar refractivity (Wildman–Crippen MR) is 31.5 cm³/mol. The van der Waals surface area contributed by atoms with Gasteiger partial charge in [-0.3, -0.25) is 0 Å². The van der Waals surface area contributed by atoms with Crippen LogP contribution in [0, 0.1) is 0 Å². The van der Waals surface area contributed by atoms with Crippen LogP contribution in [-0.2, 0) is 0 Å². The smallest absolute Gasteiger partial charge is 0.175 e. The Hall–Kier alpha value is -0.900. The highest BCUT2D eigenvalue weighted by molar-refractivity contribution is 7.79. The van der Waals surface area contributed by atoms with Crippen LogP contribution in [0.15, 0.2) is 12.7 Å². The Kier molecular flexibility index (Phi) is 1.58. The summed E-state index contributed by atoms with van der Waals surface area (Å²) in [4.78, 5) is 10.9. The highest BCUT2D eigenvalue weighted by atomic mass is 32.1. The fraction of sp³-hybridized carbons (Fsp3) is 0. The largest absolute Gasteiger partial charge is 0.225 e. The lowest BCUT2D eigenvalue weighted by Gasteiger charge is -1.81. The molecule has 1 rings (SSSR count). The first kappa shape index (κ1) is 5.24. The first-order valence-corrected chi connectivity index (χ1v) is 2.34. The van der Waals surface area contributed by atoms with E-state index in [1.165, 1.54) is 12.7 Å². The van der Waals surface area contributed by atoms with Gasteiger partial charge in [0.15, 0.2) is 5.82 Å². The molecule has 0 spiro atoms. The van der Waals surface area contributed by atoms with Gasteiger partial charge in [-0.25, -0.2) is 15.0 Å². The molecule has 0 saturated carbocycles. The third-order valence-corrected chi connectivity index (χ3v) is 0.767. The van der Waals surface area contributed by atoms with E-state index < -0.39 is 0 Å². The monoisotopic (exact) mass is 124 g/mol. The molecular weight excluding hydrogens is 122 g/mol. The zero-order valence-electron chi connectivity index (χ0n) is 3.90. The van der Waals surface area contributed by atoms with Gasteiger partial charge in [-0.2, -0.15) is 0 Å². The van der Waals surface area contributed by atoms with Crippen LogP contribution in [0.5, 0.6) is 0 Å². The molecule has 0 bridgehead atoms. The zero-order valence-corrected chi connectivity index (χ0v) is 4.72. The Labute approximate surface area is 51.8 Å². The summed E-state index contributed by atoms with van der Waals surface area (Å²) in [6.45, 7) is 0. The van der Waals surface area contributed by atoms with Gasteiger partial charge >= 0.3 is 0 Å². The average molecular weight is 124 g/mol. The van der Waals surface area contributed by atoms with Crippen molar-refractivity contribution in [3.8, 4) is 0 Å². The SMILES string of the molecule is S=[C]c1ncncn1. The number of rotatable bonds is 1. The number of hydrogen-bond donors (Lipinski definition) is 0.